The van der Waals surface area contributed by atoms with Crippen molar-refractivity contribution >= 4 is 60.7 Å². The number of hydrogen-bond donors (Lipinski definition) is 0. The third-order valence-electron chi connectivity index (χ3n) is 9.79. The number of hydrogen-bond acceptors (Lipinski definition) is 3. The average Bonchev–Trinajstić information content (AvgIpc) is 3.79. The lowest BCUT2D eigenvalue weighted by atomic mass is 9.98. The summed E-state index contributed by atoms with van der Waals surface area (Å²) >= 11 is 0. The monoisotopic (exact) mass is 653 g/mol. The summed E-state index contributed by atoms with van der Waals surface area (Å²) in [6.07, 6.45) is 0. The van der Waals surface area contributed by atoms with Crippen LogP contribution < -0.4 is 4.90 Å². The fourth-order valence-electron chi connectivity index (χ4n) is 7.55. The van der Waals surface area contributed by atoms with Gasteiger partial charge in [0.15, 0.2) is 5.58 Å². The summed E-state index contributed by atoms with van der Waals surface area (Å²) in [6.45, 7) is 0. The first-order valence-corrected chi connectivity index (χ1v) is 17.2. The normalized spacial score (nSPS) is 11.5. The molecule has 0 saturated carbocycles. The number of anilines is 3. The van der Waals surface area contributed by atoms with E-state index in [0.29, 0.717) is 5.89 Å². The SMILES string of the molecule is c1ccc(-c2nc3cc(N(c4ccccc4-c4ccccc4)c4cc5c(c6ccccc46)c4ccccc4n5-c4ccccc4)ccc3o2)cc1. The molecular weight excluding hydrogens is 623 g/mol. The molecule has 0 amide bonds. The van der Waals surface area contributed by atoms with E-state index in [1.54, 1.807) is 0 Å². The minimum atomic E-state index is 0.609. The van der Waals surface area contributed by atoms with Crippen LogP contribution in [0.15, 0.2) is 192 Å². The Kier molecular flexibility index (Phi) is 6.78. The van der Waals surface area contributed by atoms with Gasteiger partial charge in [-0.15, -0.1) is 0 Å². The first kappa shape index (κ1) is 29.0. The van der Waals surface area contributed by atoms with Crippen LogP contribution in [0.3, 0.4) is 0 Å². The van der Waals surface area contributed by atoms with Gasteiger partial charge in [-0.2, -0.15) is 0 Å². The molecule has 0 unspecified atom stereocenters. The lowest BCUT2D eigenvalue weighted by molar-refractivity contribution is 0.620. The highest BCUT2D eigenvalue weighted by atomic mass is 16.3. The molecule has 240 valence electrons. The van der Waals surface area contributed by atoms with Gasteiger partial charge in [-0.25, -0.2) is 4.98 Å². The van der Waals surface area contributed by atoms with Crippen molar-refractivity contribution in [1.29, 1.82) is 0 Å². The summed E-state index contributed by atoms with van der Waals surface area (Å²) in [5, 5.41) is 4.83. The number of para-hydroxylation sites is 3. The fourth-order valence-corrected chi connectivity index (χ4v) is 7.55. The zero-order valence-electron chi connectivity index (χ0n) is 27.6. The molecule has 10 aromatic rings. The van der Waals surface area contributed by atoms with Crippen molar-refractivity contribution in [2.24, 2.45) is 0 Å². The Balaban J connectivity index is 1.31. The van der Waals surface area contributed by atoms with Crippen LogP contribution in [0.1, 0.15) is 0 Å². The van der Waals surface area contributed by atoms with Crippen molar-refractivity contribution in [2.45, 2.75) is 0 Å². The number of aromatic nitrogens is 2. The third kappa shape index (κ3) is 4.80. The van der Waals surface area contributed by atoms with Crippen LogP contribution in [0, 0.1) is 0 Å². The zero-order chi connectivity index (χ0) is 33.7. The Morgan fingerprint density at radius 1 is 0.471 bits per heavy atom. The Morgan fingerprint density at radius 2 is 1.10 bits per heavy atom. The Labute approximate surface area is 295 Å². The molecule has 4 heteroatoms. The summed E-state index contributed by atoms with van der Waals surface area (Å²) in [5.41, 5.74) is 11.4. The molecule has 0 aliphatic carbocycles. The molecule has 2 aromatic heterocycles. The third-order valence-corrected chi connectivity index (χ3v) is 9.79. The van der Waals surface area contributed by atoms with E-state index in [4.69, 9.17) is 9.40 Å². The number of fused-ring (bicyclic) bond motifs is 6. The van der Waals surface area contributed by atoms with Crippen LogP contribution in [-0.2, 0) is 0 Å². The molecule has 0 aliphatic heterocycles. The Bertz CT molecular complexity index is 2850. The minimum Gasteiger partial charge on any atom is -0.436 e. The maximum absolute atomic E-state index is 6.29. The van der Waals surface area contributed by atoms with Crippen LogP contribution in [0.5, 0.6) is 0 Å². The second-order valence-corrected chi connectivity index (χ2v) is 12.8. The van der Waals surface area contributed by atoms with Crippen LogP contribution in [-0.4, -0.2) is 9.55 Å². The van der Waals surface area contributed by atoms with Crippen LogP contribution in [0.4, 0.5) is 17.1 Å². The van der Waals surface area contributed by atoms with Gasteiger partial charge < -0.3 is 13.9 Å². The maximum Gasteiger partial charge on any atom is 0.227 e. The standard InChI is InChI=1S/C47H31N3O/c1-4-16-32(17-5-1)36-22-12-14-26-41(36)50(35-28-29-45-40(30-35)48-47(51-45)33-18-6-2-7-19-33)43-31-44-46(38-24-11-10-23-37(38)43)39-25-13-15-27-42(39)49(44)34-20-8-3-9-21-34/h1-31H. The Hall–Kier alpha value is -6.91. The molecular formula is C47H31N3O. The molecule has 0 bridgehead atoms. The number of benzene rings is 8. The fraction of sp³-hybridized carbons (Fsp3) is 0. The molecule has 4 nitrogen and oxygen atoms in total. The predicted octanol–water partition coefficient (Wildman–Crippen LogP) is 12.9. The van der Waals surface area contributed by atoms with Crippen molar-refractivity contribution < 1.29 is 4.42 Å². The van der Waals surface area contributed by atoms with Crippen molar-refractivity contribution in [3.8, 4) is 28.3 Å². The summed E-state index contributed by atoms with van der Waals surface area (Å²) in [4.78, 5) is 7.39. The van der Waals surface area contributed by atoms with E-state index in [9.17, 15) is 0 Å². The second-order valence-electron chi connectivity index (χ2n) is 12.8. The molecule has 2 heterocycles. The average molecular weight is 654 g/mol. The van der Waals surface area contributed by atoms with Crippen molar-refractivity contribution in [1.82, 2.24) is 9.55 Å². The minimum absolute atomic E-state index is 0.609. The second kappa shape index (κ2) is 11.9. The molecule has 8 aromatic carbocycles. The summed E-state index contributed by atoms with van der Waals surface area (Å²) < 4.78 is 8.68. The largest absolute Gasteiger partial charge is 0.436 e. The molecule has 0 atom stereocenters. The van der Waals surface area contributed by atoms with E-state index in [1.165, 1.54) is 21.7 Å². The predicted molar refractivity (Wildman–Crippen MR) is 211 cm³/mol. The van der Waals surface area contributed by atoms with Gasteiger partial charge in [0.25, 0.3) is 0 Å². The first-order valence-electron chi connectivity index (χ1n) is 17.2. The van der Waals surface area contributed by atoms with Gasteiger partial charge in [0.2, 0.25) is 5.89 Å². The smallest absolute Gasteiger partial charge is 0.227 e. The van der Waals surface area contributed by atoms with Crippen molar-refractivity contribution in [2.75, 3.05) is 4.90 Å². The molecule has 0 radical (unpaired) electrons. The number of nitrogens with zero attached hydrogens (tertiary/aromatic N) is 3. The van der Waals surface area contributed by atoms with Crippen LogP contribution in [0.25, 0.3) is 71.9 Å². The Morgan fingerprint density at radius 3 is 1.88 bits per heavy atom. The van der Waals surface area contributed by atoms with Gasteiger partial charge in [-0.1, -0.05) is 127 Å². The van der Waals surface area contributed by atoms with Gasteiger partial charge in [-0.3, -0.25) is 0 Å². The van der Waals surface area contributed by atoms with Crippen LogP contribution >= 0.6 is 0 Å². The lowest BCUT2D eigenvalue weighted by Gasteiger charge is -2.29. The molecule has 0 spiro atoms. The molecule has 0 N–H and O–H groups in total. The molecule has 10 rings (SSSR count). The number of rotatable bonds is 6. The lowest BCUT2D eigenvalue weighted by Crippen LogP contribution is -2.12. The molecule has 0 saturated heterocycles. The van der Waals surface area contributed by atoms with E-state index < -0.39 is 0 Å². The van der Waals surface area contributed by atoms with Crippen LogP contribution in [0.2, 0.25) is 0 Å². The van der Waals surface area contributed by atoms with Gasteiger partial charge in [0.1, 0.15) is 5.52 Å². The zero-order valence-corrected chi connectivity index (χ0v) is 27.6. The summed E-state index contributed by atoms with van der Waals surface area (Å²) in [6, 6.07) is 66.3. The van der Waals surface area contributed by atoms with E-state index in [1.807, 2.05) is 36.4 Å². The summed E-state index contributed by atoms with van der Waals surface area (Å²) in [7, 11) is 0. The van der Waals surface area contributed by atoms with Crippen molar-refractivity contribution in [3.05, 3.63) is 188 Å². The van der Waals surface area contributed by atoms with Crippen molar-refractivity contribution in [3.63, 3.8) is 0 Å². The van der Waals surface area contributed by atoms with E-state index in [-0.39, 0.29) is 0 Å². The van der Waals surface area contributed by atoms with E-state index in [0.717, 1.165) is 61.4 Å². The topological polar surface area (TPSA) is 34.2 Å². The molecule has 51 heavy (non-hydrogen) atoms. The number of oxazole rings is 1. The first-order chi connectivity index (χ1) is 25.3. The van der Waals surface area contributed by atoms with E-state index >= 15 is 0 Å². The van der Waals surface area contributed by atoms with Gasteiger partial charge in [0, 0.05) is 38.7 Å². The van der Waals surface area contributed by atoms with E-state index in [2.05, 4.69) is 161 Å². The molecule has 0 aliphatic rings. The highest BCUT2D eigenvalue weighted by Crippen LogP contribution is 2.48. The van der Waals surface area contributed by atoms with Gasteiger partial charge >= 0.3 is 0 Å². The maximum atomic E-state index is 6.29. The quantitative estimate of drug-likeness (QED) is 0.179. The summed E-state index contributed by atoms with van der Waals surface area (Å²) in [5.74, 6) is 0.609. The highest BCUT2D eigenvalue weighted by molar-refractivity contribution is 6.24. The van der Waals surface area contributed by atoms with Gasteiger partial charge in [-0.05, 0) is 71.6 Å². The van der Waals surface area contributed by atoms with Gasteiger partial charge in [0.05, 0.1) is 22.4 Å². The highest BCUT2D eigenvalue weighted by Gasteiger charge is 2.24. The molecule has 0 fully saturated rings.